The van der Waals surface area contributed by atoms with Gasteiger partial charge in [-0.1, -0.05) is 35.3 Å². The number of hydrogen-bond donors (Lipinski definition) is 2. The molecule has 1 atom stereocenters. The smallest absolute Gasteiger partial charge is 0.162 e. The first-order chi connectivity index (χ1) is 13.1. The zero-order valence-corrected chi connectivity index (χ0v) is 17.2. The first-order valence-corrected chi connectivity index (χ1v) is 9.29. The number of rotatable bonds is 3. The van der Waals surface area contributed by atoms with E-state index in [9.17, 15) is 4.39 Å². The lowest BCUT2D eigenvalue weighted by Crippen LogP contribution is -2.46. The van der Waals surface area contributed by atoms with Gasteiger partial charge in [0.25, 0.3) is 0 Å². The quantitative estimate of drug-likeness (QED) is 0.496. The van der Waals surface area contributed by atoms with Crippen LogP contribution < -0.4 is 9.64 Å². The Kier molecular flexibility index (Phi) is 5.66. The molecule has 148 valence electrons. The van der Waals surface area contributed by atoms with Crippen LogP contribution in [-0.4, -0.2) is 31.1 Å². The summed E-state index contributed by atoms with van der Waals surface area (Å²) in [6, 6.07) is 10.3. The molecule has 2 aromatic rings. The molecule has 0 aromatic heterocycles. The second-order valence-corrected chi connectivity index (χ2v) is 7.68. The predicted molar refractivity (Wildman–Crippen MR) is 110 cm³/mol. The Morgan fingerprint density at radius 3 is 2.61 bits per heavy atom. The fourth-order valence-corrected chi connectivity index (χ4v) is 3.55. The van der Waals surface area contributed by atoms with Crippen LogP contribution in [0, 0.1) is 10.8 Å². The molecule has 5 nitrogen and oxygen atoms in total. The molecule has 1 aliphatic heterocycles. The molecular weight excluding hydrogens is 404 g/mol. The third kappa shape index (κ3) is 3.72. The fourth-order valence-electron chi connectivity index (χ4n) is 3.07. The van der Waals surface area contributed by atoms with E-state index in [0.29, 0.717) is 32.6 Å². The maximum atomic E-state index is 14.6. The highest BCUT2D eigenvalue weighted by Gasteiger charge is 2.36. The number of anilines is 1. The second-order valence-electron chi connectivity index (χ2n) is 6.86. The molecule has 0 spiro atoms. The van der Waals surface area contributed by atoms with Gasteiger partial charge >= 0.3 is 0 Å². The van der Waals surface area contributed by atoms with Crippen molar-refractivity contribution < 1.29 is 13.9 Å². The summed E-state index contributed by atoms with van der Waals surface area (Å²) in [4.78, 5) is 1.25. The molecule has 0 aliphatic carbocycles. The number of amidine groups is 2. The number of benzene rings is 2. The summed E-state index contributed by atoms with van der Waals surface area (Å²) in [5.74, 6) is 0.0723. The molecule has 0 radical (unpaired) electrons. The maximum absolute atomic E-state index is 14.6. The largest absolute Gasteiger partial charge is 0.495 e. The van der Waals surface area contributed by atoms with Gasteiger partial charge in [0.1, 0.15) is 30.1 Å². The van der Waals surface area contributed by atoms with Gasteiger partial charge in [-0.15, -0.1) is 0 Å². The van der Waals surface area contributed by atoms with Crippen molar-refractivity contribution >= 4 is 40.6 Å². The van der Waals surface area contributed by atoms with Gasteiger partial charge in [0, 0.05) is 16.1 Å². The van der Waals surface area contributed by atoms with Crippen molar-refractivity contribution in [2.75, 3.05) is 18.6 Å². The molecule has 0 unspecified atom stereocenters. The Morgan fingerprint density at radius 1 is 1.25 bits per heavy atom. The summed E-state index contributed by atoms with van der Waals surface area (Å²) in [6.07, 6.45) is -0.669. The summed E-state index contributed by atoms with van der Waals surface area (Å²) in [5, 5.41) is 17.5. The van der Waals surface area contributed by atoms with Crippen molar-refractivity contribution in [2.24, 2.45) is 0 Å². The number of methoxy groups -OCH3 is 1. The van der Waals surface area contributed by atoms with Crippen LogP contribution in [-0.2, 0) is 4.74 Å². The minimum absolute atomic E-state index is 0.0548. The van der Waals surface area contributed by atoms with Gasteiger partial charge in [-0.05, 0) is 38.1 Å². The standard InChI is InChI=1S/C20H20Cl2FN3O2/c1-20(2,23)19(25)26-14-8-7-11(21)9-13(14)18(28-10-16(26)24)12-5-4-6-15(27-3)17(12)22/h4-9,18,24-25H,10H2,1-3H3/t18-/m1/s1. The number of alkyl halides is 1. The molecule has 0 saturated heterocycles. The first kappa shape index (κ1) is 20.6. The van der Waals surface area contributed by atoms with Crippen LogP contribution in [0.15, 0.2) is 36.4 Å². The lowest BCUT2D eigenvalue weighted by Gasteiger charge is -2.30. The number of nitrogens with one attached hydrogen (secondary N) is 2. The van der Waals surface area contributed by atoms with E-state index in [1.165, 1.54) is 25.9 Å². The summed E-state index contributed by atoms with van der Waals surface area (Å²) in [6.45, 7) is 2.42. The van der Waals surface area contributed by atoms with Crippen LogP contribution in [0.25, 0.3) is 0 Å². The van der Waals surface area contributed by atoms with Crippen molar-refractivity contribution in [1.82, 2.24) is 0 Å². The average Bonchev–Trinajstić information content (AvgIpc) is 2.77. The highest BCUT2D eigenvalue weighted by Crippen LogP contribution is 2.42. The monoisotopic (exact) mass is 423 g/mol. The Morgan fingerprint density at radius 2 is 1.96 bits per heavy atom. The highest BCUT2D eigenvalue weighted by atomic mass is 35.5. The van der Waals surface area contributed by atoms with E-state index < -0.39 is 11.8 Å². The Bertz CT molecular complexity index is 944. The van der Waals surface area contributed by atoms with Crippen molar-refractivity contribution in [1.29, 1.82) is 10.8 Å². The van der Waals surface area contributed by atoms with Gasteiger partial charge in [-0.3, -0.25) is 15.7 Å². The molecule has 2 N–H and O–H groups in total. The predicted octanol–water partition coefficient (Wildman–Crippen LogP) is 5.63. The second kappa shape index (κ2) is 7.70. The molecule has 0 saturated carbocycles. The number of fused-ring (bicyclic) bond motifs is 1. The summed E-state index contributed by atoms with van der Waals surface area (Å²) in [7, 11) is 1.52. The summed E-state index contributed by atoms with van der Waals surface area (Å²) in [5.41, 5.74) is -0.285. The van der Waals surface area contributed by atoms with E-state index in [2.05, 4.69) is 0 Å². The molecule has 3 rings (SSSR count). The van der Waals surface area contributed by atoms with Crippen LogP contribution >= 0.6 is 23.2 Å². The zero-order chi connectivity index (χ0) is 20.6. The van der Waals surface area contributed by atoms with E-state index in [0.717, 1.165) is 0 Å². The fraction of sp³-hybridized carbons (Fsp3) is 0.300. The van der Waals surface area contributed by atoms with Gasteiger partial charge < -0.3 is 9.47 Å². The summed E-state index contributed by atoms with van der Waals surface area (Å²) < 4.78 is 25.8. The molecule has 28 heavy (non-hydrogen) atoms. The third-order valence-corrected chi connectivity index (χ3v) is 5.09. The van der Waals surface area contributed by atoms with Crippen LogP contribution in [0.5, 0.6) is 5.75 Å². The van der Waals surface area contributed by atoms with Crippen molar-refractivity contribution in [2.45, 2.75) is 25.6 Å². The van der Waals surface area contributed by atoms with E-state index in [4.69, 9.17) is 43.5 Å². The minimum Gasteiger partial charge on any atom is -0.495 e. The van der Waals surface area contributed by atoms with Crippen molar-refractivity contribution in [3.8, 4) is 5.75 Å². The first-order valence-electron chi connectivity index (χ1n) is 8.54. The lowest BCUT2D eigenvalue weighted by molar-refractivity contribution is 0.114. The van der Waals surface area contributed by atoms with Crippen LogP contribution in [0.2, 0.25) is 10.0 Å². The van der Waals surface area contributed by atoms with Crippen LogP contribution in [0.3, 0.4) is 0 Å². The zero-order valence-electron chi connectivity index (χ0n) is 15.6. The number of halogens is 3. The van der Waals surface area contributed by atoms with E-state index in [1.807, 2.05) is 0 Å². The molecular formula is C20H20Cl2FN3O2. The molecule has 2 aromatic carbocycles. The number of hydrogen-bond acceptors (Lipinski definition) is 4. The topological polar surface area (TPSA) is 69.4 Å². The Labute approximate surface area is 173 Å². The Balaban J connectivity index is 2.22. The normalized spacial score (nSPS) is 17.1. The van der Waals surface area contributed by atoms with Crippen LogP contribution in [0.4, 0.5) is 10.1 Å². The van der Waals surface area contributed by atoms with Gasteiger partial charge in [0.05, 0.1) is 17.8 Å². The van der Waals surface area contributed by atoms with Gasteiger partial charge in [-0.25, -0.2) is 4.39 Å². The number of nitrogens with zero attached hydrogens (tertiary/aromatic N) is 1. The lowest BCUT2D eigenvalue weighted by atomic mass is 9.98. The average molecular weight is 424 g/mol. The van der Waals surface area contributed by atoms with Gasteiger partial charge in [-0.2, -0.15) is 0 Å². The highest BCUT2D eigenvalue weighted by molar-refractivity contribution is 6.33. The van der Waals surface area contributed by atoms with Gasteiger partial charge in [0.15, 0.2) is 5.67 Å². The molecule has 0 fully saturated rings. The Hall–Kier alpha value is -2.15. The molecule has 1 heterocycles. The summed E-state index contributed by atoms with van der Waals surface area (Å²) >= 11 is 12.7. The van der Waals surface area contributed by atoms with Gasteiger partial charge in [0.2, 0.25) is 0 Å². The van der Waals surface area contributed by atoms with E-state index in [1.54, 1.807) is 36.4 Å². The maximum Gasteiger partial charge on any atom is 0.162 e. The van der Waals surface area contributed by atoms with Crippen molar-refractivity contribution in [3.05, 3.63) is 57.6 Å². The molecule has 0 amide bonds. The van der Waals surface area contributed by atoms with E-state index in [-0.39, 0.29) is 18.3 Å². The molecule has 8 heteroatoms. The number of ether oxygens (including phenoxy) is 2. The van der Waals surface area contributed by atoms with E-state index >= 15 is 0 Å². The third-order valence-electron chi connectivity index (χ3n) is 4.45. The van der Waals surface area contributed by atoms with Crippen molar-refractivity contribution in [3.63, 3.8) is 0 Å². The van der Waals surface area contributed by atoms with Crippen LogP contribution in [0.1, 0.15) is 31.1 Å². The minimum atomic E-state index is -1.95. The molecule has 0 bridgehead atoms. The SMILES string of the molecule is COc1cccc([C@H]2OCC(=N)N(C(=N)C(C)(C)F)c3ccc(Cl)cc32)c1Cl. The molecule has 1 aliphatic rings.